The molecule has 0 unspecified atom stereocenters. The molecule has 1 aromatic heterocycles. The average Bonchev–Trinajstić information content (AvgIpc) is 2.67. The summed E-state index contributed by atoms with van der Waals surface area (Å²) < 4.78 is 0. The number of rotatable bonds is 5. The smallest absolute Gasteiger partial charge is 0.320 e. The number of benzene rings is 1. The van der Waals surface area contributed by atoms with Gasteiger partial charge in [-0.25, -0.2) is 9.78 Å². The SMILES string of the molecule is Cc1cc(C)c2nc(Cl)c(CN(C(=O)N(C(C)C)C(C)C)C3CCCCC3)cc2c1. The number of carbonyl (C=O) groups is 1. The van der Waals surface area contributed by atoms with Gasteiger partial charge in [0, 0.05) is 29.1 Å². The van der Waals surface area contributed by atoms with Gasteiger partial charge in [0.05, 0.1) is 12.1 Å². The quantitative estimate of drug-likeness (QED) is 0.485. The van der Waals surface area contributed by atoms with E-state index in [0.717, 1.165) is 34.9 Å². The van der Waals surface area contributed by atoms with Gasteiger partial charge in [0.1, 0.15) is 5.15 Å². The van der Waals surface area contributed by atoms with Crippen LogP contribution in [0.1, 0.15) is 76.5 Å². The second kappa shape index (κ2) is 9.55. The van der Waals surface area contributed by atoms with Crippen LogP contribution in [-0.2, 0) is 6.54 Å². The van der Waals surface area contributed by atoms with Crippen LogP contribution in [0, 0.1) is 13.8 Å². The summed E-state index contributed by atoms with van der Waals surface area (Å²) in [6.07, 6.45) is 5.74. The Kier molecular flexibility index (Phi) is 7.28. The number of amides is 2. The predicted octanol–water partition coefficient (Wildman–Crippen LogP) is 6.88. The summed E-state index contributed by atoms with van der Waals surface area (Å²) >= 11 is 6.64. The van der Waals surface area contributed by atoms with E-state index in [-0.39, 0.29) is 24.2 Å². The van der Waals surface area contributed by atoms with Crippen molar-refractivity contribution in [2.75, 3.05) is 0 Å². The lowest BCUT2D eigenvalue weighted by Crippen LogP contribution is -2.53. The Labute approximate surface area is 186 Å². The van der Waals surface area contributed by atoms with Gasteiger partial charge in [-0.05, 0) is 72.1 Å². The summed E-state index contributed by atoms with van der Waals surface area (Å²) in [5, 5.41) is 1.59. The third-order valence-corrected chi connectivity index (χ3v) is 6.54. The number of hydrogen-bond acceptors (Lipinski definition) is 2. The second-order valence-corrected chi connectivity index (χ2v) is 9.75. The summed E-state index contributed by atoms with van der Waals surface area (Å²) in [5.41, 5.74) is 4.21. The van der Waals surface area contributed by atoms with Crippen LogP contribution >= 0.6 is 11.6 Å². The summed E-state index contributed by atoms with van der Waals surface area (Å²) in [4.78, 5) is 22.5. The van der Waals surface area contributed by atoms with Crippen LogP contribution in [0.4, 0.5) is 4.79 Å². The molecule has 4 nitrogen and oxygen atoms in total. The average molecular weight is 430 g/mol. The lowest BCUT2D eigenvalue weighted by Gasteiger charge is -2.41. The number of nitrogens with zero attached hydrogens (tertiary/aromatic N) is 3. The van der Waals surface area contributed by atoms with Gasteiger partial charge in [-0.15, -0.1) is 0 Å². The van der Waals surface area contributed by atoms with Crippen molar-refractivity contribution in [1.29, 1.82) is 0 Å². The summed E-state index contributed by atoms with van der Waals surface area (Å²) in [6, 6.07) is 7.09. The maximum atomic E-state index is 13.7. The zero-order valence-corrected chi connectivity index (χ0v) is 20.1. The Balaban J connectivity index is 2.00. The molecular weight excluding hydrogens is 394 g/mol. The number of urea groups is 1. The molecule has 0 aliphatic heterocycles. The Morgan fingerprint density at radius 3 is 2.30 bits per heavy atom. The minimum atomic E-state index is 0.114. The molecule has 0 N–H and O–H groups in total. The van der Waals surface area contributed by atoms with Crippen LogP contribution in [0.5, 0.6) is 0 Å². The molecule has 1 saturated carbocycles. The molecule has 2 aromatic rings. The van der Waals surface area contributed by atoms with Gasteiger partial charge in [-0.1, -0.05) is 42.5 Å². The highest BCUT2D eigenvalue weighted by Crippen LogP contribution is 2.30. The van der Waals surface area contributed by atoms with Crippen molar-refractivity contribution >= 4 is 28.5 Å². The molecule has 1 aliphatic carbocycles. The highest BCUT2D eigenvalue weighted by molar-refractivity contribution is 6.30. The van der Waals surface area contributed by atoms with E-state index in [4.69, 9.17) is 16.6 Å². The molecule has 0 atom stereocenters. The molecule has 0 bridgehead atoms. The van der Waals surface area contributed by atoms with Crippen molar-refractivity contribution in [3.8, 4) is 0 Å². The number of aryl methyl sites for hydroxylation is 2. The van der Waals surface area contributed by atoms with E-state index in [9.17, 15) is 4.79 Å². The number of halogens is 1. The van der Waals surface area contributed by atoms with E-state index >= 15 is 0 Å². The first-order chi connectivity index (χ1) is 14.2. The van der Waals surface area contributed by atoms with E-state index < -0.39 is 0 Å². The van der Waals surface area contributed by atoms with Crippen LogP contribution in [0.3, 0.4) is 0 Å². The van der Waals surface area contributed by atoms with Crippen molar-refractivity contribution < 1.29 is 4.79 Å². The highest BCUT2D eigenvalue weighted by atomic mass is 35.5. The molecular formula is C25H36ClN3O. The van der Waals surface area contributed by atoms with Crippen LogP contribution in [0.25, 0.3) is 10.9 Å². The van der Waals surface area contributed by atoms with Crippen LogP contribution in [0.15, 0.2) is 18.2 Å². The van der Waals surface area contributed by atoms with Gasteiger partial charge in [0.2, 0.25) is 0 Å². The Bertz CT molecular complexity index is 895. The lowest BCUT2D eigenvalue weighted by molar-refractivity contribution is 0.0940. The predicted molar refractivity (Wildman–Crippen MR) is 126 cm³/mol. The third-order valence-electron chi connectivity index (χ3n) is 6.21. The molecule has 1 aliphatic rings. The molecule has 1 fully saturated rings. The minimum Gasteiger partial charge on any atom is -0.320 e. The van der Waals surface area contributed by atoms with Gasteiger partial charge in [-0.3, -0.25) is 0 Å². The lowest BCUT2D eigenvalue weighted by atomic mass is 9.94. The van der Waals surface area contributed by atoms with Gasteiger partial charge < -0.3 is 9.80 Å². The van der Waals surface area contributed by atoms with Gasteiger partial charge >= 0.3 is 6.03 Å². The van der Waals surface area contributed by atoms with Crippen molar-refractivity contribution in [3.05, 3.63) is 40.0 Å². The van der Waals surface area contributed by atoms with Crippen LogP contribution in [-0.4, -0.2) is 38.9 Å². The van der Waals surface area contributed by atoms with E-state index in [1.165, 1.54) is 24.8 Å². The summed E-state index contributed by atoms with van der Waals surface area (Å²) in [5.74, 6) is 0. The van der Waals surface area contributed by atoms with Crippen LogP contribution in [0.2, 0.25) is 5.15 Å². The highest BCUT2D eigenvalue weighted by Gasteiger charge is 2.32. The van der Waals surface area contributed by atoms with E-state index in [2.05, 4.69) is 64.6 Å². The fourth-order valence-electron chi connectivity index (χ4n) is 4.90. The molecule has 0 radical (unpaired) electrons. The molecule has 0 spiro atoms. The molecule has 2 amide bonds. The topological polar surface area (TPSA) is 36.4 Å². The maximum absolute atomic E-state index is 13.7. The number of carbonyl (C=O) groups excluding carboxylic acids is 1. The number of fused-ring (bicyclic) bond motifs is 1. The van der Waals surface area contributed by atoms with E-state index in [1.54, 1.807) is 0 Å². The van der Waals surface area contributed by atoms with E-state index in [0.29, 0.717) is 11.7 Å². The second-order valence-electron chi connectivity index (χ2n) is 9.39. The largest absolute Gasteiger partial charge is 0.321 e. The molecule has 3 rings (SSSR count). The first-order valence-corrected chi connectivity index (χ1v) is 11.7. The molecule has 164 valence electrons. The fraction of sp³-hybridized carbons (Fsp3) is 0.600. The molecule has 30 heavy (non-hydrogen) atoms. The fourth-order valence-corrected chi connectivity index (χ4v) is 5.10. The number of hydrogen-bond donors (Lipinski definition) is 0. The van der Waals surface area contributed by atoms with Crippen LogP contribution < -0.4 is 0 Å². The molecule has 5 heteroatoms. The maximum Gasteiger partial charge on any atom is 0.321 e. The van der Waals surface area contributed by atoms with Crippen molar-refractivity contribution in [2.45, 2.75) is 98.3 Å². The first-order valence-electron chi connectivity index (χ1n) is 11.3. The van der Waals surface area contributed by atoms with Gasteiger partial charge in [-0.2, -0.15) is 0 Å². The normalized spacial score (nSPS) is 15.2. The number of aromatic nitrogens is 1. The summed E-state index contributed by atoms with van der Waals surface area (Å²) in [6.45, 7) is 13.0. The minimum absolute atomic E-state index is 0.114. The Morgan fingerprint density at radius 1 is 1.07 bits per heavy atom. The Morgan fingerprint density at radius 2 is 1.70 bits per heavy atom. The molecule has 1 aromatic carbocycles. The molecule has 1 heterocycles. The Hall–Kier alpha value is -1.81. The van der Waals surface area contributed by atoms with Crippen molar-refractivity contribution in [1.82, 2.24) is 14.8 Å². The van der Waals surface area contributed by atoms with Crippen molar-refractivity contribution in [3.63, 3.8) is 0 Å². The first kappa shape index (κ1) is 22.9. The summed E-state index contributed by atoms with van der Waals surface area (Å²) in [7, 11) is 0. The van der Waals surface area contributed by atoms with Gasteiger partial charge in [0.15, 0.2) is 0 Å². The van der Waals surface area contributed by atoms with E-state index in [1.807, 2.05) is 4.90 Å². The van der Waals surface area contributed by atoms with Gasteiger partial charge in [0.25, 0.3) is 0 Å². The standard InChI is InChI=1S/C25H36ClN3O/c1-16(2)29(17(3)4)25(30)28(22-10-8-7-9-11-22)15-21-14-20-13-18(5)12-19(6)23(20)27-24(21)26/h12-14,16-17,22H,7-11,15H2,1-6H3. The number of pyridine rings is 1. The zero-order valence-electron chi connectivity index (χ0n) is 19.3. The third kappa shape index (κ3) is 4.91. The molecule has 0 saturated heterocycles. The zero-order chi connectivity index (χ0) is 22.0. The monoisotopic (exact) mass is 429 g/mol. The van der Waals surface area contributed by atoms with Crippen molar-refractivity contribution in [2.24, 2.45) is 0 Å².